The van der Waals surface area contributed by atoms with Gasteiger partial charge in [-0.1, -0.05) is 17.7 Å². The number of rotatable bonds is 2. The summed E-state index contributed by atoms with van der Waals surface area (Å²) in [5.41, 5.74) is 6.97. The van der Waals surface area contributed by atoms with Crippen molar-refractivity contribution in [1.82, 2.24) is 4.98 Å². The standard InChI is InChI=1S/C11H9ClFN3/c12-9-2-1-3-10(11(9)13)16-8-4-7(14)5-15-6-8/h1-6,16H,14H2. The van der Waals surface area contributed by atoms with Crippen LogP contribution in [0.5, 0.6) is 0 Å². The number of halogens is 2. The molecule has 0 saturated carbocycles. The molecule has 3 N–H and O–H groups in total. The molecule has 16 heavy (non-hydrogen) atoms. The first kappa shape index (κ1) is 10.7. The highest BCUT2D eigenvalue weighted by Gasteiger charge is 2.06. The van der Waals surface area contributed by atoms with Crippen LogP contribution in [0.25, 0.3) is 0 Å². The van der Waals surface area contributed by atoms with E-state index in [0.29, 0.717) is 17.1 Å². The van der Waals surface area contributed by atoms with Gasteiger partial charge in [0.05, 0.1) is 28.3 Å². The first-order chi connectivity index (χ1) is 7.66. The summed E-state index contributed by atoms with van der Waals surface area (Å²) in [4.78, 5) is 3.89. The van der Waals surface area contributed by atoms with Gasteiger partial charge in [-0.05, 0) is 18.2 Å². The van der Waals surface area contributed by atoms with E-state index in [1.54, 1.807) is 24.4 Å². The molecule has 0 saturated heterocycles. The molecule has 0 aliphatic carbocycles. The summed E-state index contributed by atoms with van der Waals surface area (Å²) in [6.07, 6.45) is 3.07. The first-order valence-corrected chi connectivity index (χ1v) is 4.96. The van der Waals surface area contributed by atoms with E-state index in [0.717, 1.165) is 0 Å². The van der Waals surface area contributed by atoms with Crippen LogP contribution < -0.4 is 11.1 Å². The highest BCUT2D eigenvalue weighted by Crippen LogP contribution is 2.25. The van der Waals surface area contributed by atoms with Gasteiger partial charge in [-0.2, -0.15) is 0 Å². The minimum absolute atomic E-state index is 0.0712. The second kappa shape index (κ2) is 4.37. The van der Waals surface area contributed by atoms with Crippen molar-refractivity contribution in [3.8, 4) is 0 Å². The summed E-state index contributed by atoms with van der Waals surface area (Å²) in [6.45, 7) is 0. The van der Waals surface area contributed by atoms with Crippen molar-refractivity contribution in [2.45, 2.75) is 0 Å². The van der Waals surface area contributed by atoms with Gasteiger partial charge in [0.2, 0.25) is 0 Å². The third kappa shape index (κ3) is 2.23. The van der Waals surface area contributed by atoms with E-state index in [4.69, 9.17) is 17.3 Å². The molecule has 1 aromatic carbocycles. The van der Waals surface area contributed by atoms with Gasteiger partial charge < -0.3 is 11.1 Å². The Hall–Kier alpha value is -1.81. The highest BCUT2D eigenvalue weighted by molar-refractivity contribution is 6.31. The third-order valence-corrected chi connectivity index (χ3v) is 2.28. The number of nitrogen functional groups attached to an aromatic ring is 1. The summed E-state index contributed by atoms with van der Waals surface area (Å²) >= 11 is 5.66. The second-order valence-electron chi connectivity index (χ2n) is 3.23. The van der Waals surface area contributed by atoms with E-state index in [1.165, 1.54) is 12.3 Å². The zero-order valence-electron chi connectivity index (χ0n) is 8.24. The number of aromatic nitrogens is 1. The molecule has 82 valence electrons. The summed E-state index contributed by atoms with van der Waals surface area (Å²) in [6, 6.07) is 6.39. The van der Waals surface area contributed by atoms with Crippen LogP contribution in [0.4, 0.5) is 21.5 Å². The SMILES string of the molecule is Nc1cncc(Nc2cccc(Cl)c2F)c1. The van der Waals surface area contributed by atoms with E-state index in [9.17, 15) is 4.39 Å². The molecule has 0 aliphatic heterocycles. The lowest BCUT2D eigenvalue weighted by atomic mass is 10.3. The monoisotopic (exact) mass is 237 g/mol. The molecule has 0 amide bonds. The topological polar surface area (TPSA) is 50.9 Å². The van der Waals surface area contributed by atoms with Crippen LogP contribution in [-0.2, 0) is 0 Å². The lowest BCUT2D eigenvalue weighted by Crippen LogP contribution is -1.96. The van der Waals surface area contributed by atoms with Gasteiger partial charge in [0.25, 0.3) is 0 Å². The number of pyridine rings is 1. The molecule has 0 unspecified atom stereocenters. The number of nitrogens with zero attached hydrogens (tertiary/aromatic N) is 1. The molecular formula is C11H9ClFN3. The number of hydrogen-bond acceptors (Lipinski definition) is 3. The largest absolute Gasteiger partial charge is 0.397 e. The Bertz CT molecular complexity index is 516. The van der Waals surface area contributed by atoms with E-state index >= 15 is 0 Å². The molecule has 0 bridgehead atoms. The Morgan fingerprint density at radius 2 is 2.12 bits per heavy atom. The Morgan fingerprint density at radius 3 is 2.88 bits per heavy atom. The van der Waals surface area contributed by atoms with Gasteiger partial charge in [0.1, 0.15) is 0 Å². The van der Waals surface area contributed by atoms with Crippen molar-refractivity contribution in [2.24, 2.45) is 0 Å². The van der Waals surface area contributed by atoms with Crippen molar-refractivity contribution in [3.05, 3.63) is 47.5 Å². The summed E-state index contributed by atoms with van der Waals surface area (Å²) in [7, 11) is 0. The predicted molar refractivity (Wildman–Crippen MR) is 63.3 cm³/mol. The average Bonchev–Trinajstić information content (AvgIpc) is 2.25. The van der Waals surface area contributed by atoms with Gasteiger partial charge in [0.15, 0.2) is 5.82 Å². The van der Waals surface area contributed by atoms with E-state index in [-0.39, 0.29) is 5.02 Å². The van der Waals surface area contributed by atoms with Crippen LogP contribution in [0.2, 0.25) is 5.02 Å². The molecule has 0 aliphatic rings. The Morgan fingerprint density at radius 1 is 1.31 bits per heavy atom. The number of nitrogens with two attached hydrogens (primary N) is 1. The molecule has 2 aromatic rings. The van der Waals surface area contributed by atoms with Crippen LogP contribution >= 0.6 is 11.6 Å². The fraction of sp³-hybridized carbons (Fsp3) is 0. The Labute approximate surface area is 97.1 Å². The van der Waals surface area contributed by atoms with Crippen LogP contribution in [0.3, 0.4) is 0 Å². The summed E-state index contributed by atoms with van der Waals surface area (Å²) < 4.78 is 13.5. The zero-order valence-corrected chi connectivity index (χ0v) is 9.00. The first-order valence-electron chi connectivity index (χ1n) is 4.58. The van der Waals surface area contributed by atoms with Crippen LogP contribution in [0, 0.1) is 5.82 Å². The van der Waals surface area contributed by atoms with Crippen molar-refractivity contribution in [3.63, 3.8) is 0 Å². The molecular weight excluding hydrogens is 229 g/mol. The number of anilines is 3. The fourth-order valence-corrected chi connectivity index (χ4v) is 1.46. The Kier molecular flexibility index (Phi) is 2.92. The maximum atomic E-state index is 13.5. The molecule has 1 aromatic heterocycles. The van der Waals surface area contributed by atoms with Gasteiger partial charge in [-0.3, -0.25) is 4.98 Å². The fourth-order valence-electron chi connectivity index (χ4n) is 1.28. The quantitative estimate of drug-likeness (QED) is 0.843. The lowest BCUT2D eigenvalue weighted by Gasteiger charge is -2.08. The highest BCUT2D eigenvalue weighted by atomic mass is 35.5. The molecule has 5 heteroatoms. The molecule has 1 heterocycles. The van der Waals surface area contributed by atoms with Gasteiger partial charge in [-0.25, -0.2) is 4.39 Å². The Balaban J connectivity index is 2.31. The molecule has 0 spiro atoms. The molecule has 3 nitrogen and oxygen atoms in total. The van der Waals surface area contributed by atoms with Gasteiger partial charge in [-0.15, -0.1) is 0 Å². The van der Waals surface area contributed by atoms with Crippen molar-refractivity contribution < 1.29 is 4.39 Å². The number of benzene rings is 1. The van der Waals surface area contributed by atoms with E-state index in [1.807, 2.05) is 0 Å². The second-order valence-corrected chi connectivity index (χ2v) is 3.64. The van der Waals surface area contributed by atoms with Crippen molar-refractivity contribution >= 4 is 28.7 Å². The van der Waals surface area contributed by atoms with Crippen LogP contribution in [-0.4, -0.2) is 4.98 Å². The average molecular weight is 238 g/mol. The normalized spacial score (nSPS) is 10.1. The summed E-state index contributed by atoms with van der Waals surface area (Å²) in [5, 5.41) is 2.92. The zero-order chi connectivity index (χ0) is 11.5. The number of nitrogens with one attached hydrogen (secondary N) is 1. The maximum absolute atomic E-state index is 13.5. The van der Waals surface area contributed by atoms with Gasteiger partial charge >= 0.3 is 0 Å². The lowest BCUT2D eigenvalue weighted by molar-refractivity contribution is 0.632. The minimum atomic E-state index is -0.494. The minimum Gasteiger partial charge on any atom is -0.397 e. The maximum Gasteiger partial charge on any atom is 0.165 e. The van der Waals surface area contributed by atoms with Crippen LogP contribution in [0.15, 0.2) is 36.7 Å². The predicted octanol–water partition coefficient (Wildman–Crippen LogP) is 3.20. The van der Waals surface area contributed by atoms with E-state index < -0.39 is 5.82 Å². The molecule has 2 rings (SSSR count). The smallest absolute Gasteiger partial charge is 0.165 e. The van der Waals surface area contributed by atoms with Crippen LogP contribution in [0.1, 0.15) is 0 Å². The molecule has 0 atom stereocenters. The third-order valence-electron chi connectivity index (χ3n) is 1.99. The van der Waals surface area contributed by atoms with E-state index in [2.05, 4.69) is 10.3 Å². The van der Waals surface area contributed by atoms with Crippen molar-refractivity contribution in [2.75, 3.05) is 11.1 Å². The molecule has 0 radical (unpaired) electrons. The number of hydrogen-bond donors (Lipinski definition) is 2. The van der Waals surface area contributed by atoms with Gasteiger partial charge in [0, 0.05) is 6.20 Å². The summed E-state index contributed by atoms with van der Waals surface area (Å²) in [5.74, 6) is -0.494. The van der Waals surface area contributed by atoms with Crippen molar-refractivity contribution in [1.29, 1.82) is 0 Å². The molecule has 0 fully saturated rings.